The van der Waals surface area contributed by atoms with Gasteiger partial charge < -0.3 is 10.2 Å². The van der Waals surface area contributed by atoms with E-state index in [2.05, 4.69) is 0 Å². The van der Waals surface area contributed by atoms with Gasteiger partial charge in [0.15, 0.2) is 0 Å². The lowest BCUT2D eigenvalue weighted by Crippen LogP contribution is -1.81. The van der Waals surface area contributed by atoms with Crippen molar-refractivity contribution in [3.8, 4) is 0 Å². The van der Waals surface area contributed by atoms with Gasteiger partial charge in [0.2, 0.25) is 0 Å². The SMILES string of the molecule is CC.I.O=C(O)O. The number of hydrogen-bond acceptors (Lipinski definition) is 1. The van der Waals surface area contributed by atoms with E-state index < -0.39 is 6.16 Å². The van der Waals surface area contributed by atoms with E-state index in [0.29, 0.717) is 0 Å². The molecular weight excluding hydrogens is 211 g/mol. The standard InChI is InChI=1S/C2H6.CH2O3.HI/c1-2;2-1(3)4;/h1-2H3;(H2,2,3,4);1H. The van der Waals surface area contributed by atoms with E-state index in [1.807, 2.05) is 13.8 Å². The Kier molecular flexibility index (Phi) is 37.5. The van der Waals surface area contributed by atoms with Crippen molar-refractivity contribution in [1.82, 2.24) is 0 Å². The summed E-state index contributed by atoms with van der Waals surface area (Å²) in [7, 11) is 0. The van der Waals surface area contributed by atoms with Crippen LogP contribution in [0.25, 0.3) is 0 Å². The molecule has 0 amide bonds. The molecule has 3 nitrogen and oxygen atoms in total. The third-order valence-corrected chi connectivity index (χ3v) is 0. The Morgan fingerprint density at radius 2 is 1.29 bits per heavy atom. The van der Waals surface area contributed by atoms with Crippen LogP contribution in [0.15, 0.2) is 0 Å². The molecule has 0 aliphatic heterocycles. The van der Waals surface area contributed by atoms with Gasteiger partial charge in [-0.05, 0) is 0 Å². The number of hydrogen-bond donors (Lipinski definition) is 2. The van der Waals surface area contributed by atoms with Crippen LogP contribution in [0, 0.1) is 0 Å². The first kappa shape index (κ1) is 15.8. The minimum absolute atomic E-state index is 0. The highest BCUT2D eigenvalue weighted by Crippen LogP contribution is 1.42. The van der Waals surface area contributed by atoms with E-state index >= 15 is 0 Å². The Labute approximate surface area is 59.4 Å². The lowest BCUT2D eigenvalue weighted by Gasteiger charge is -1.60. The summed E-state index contributed by atoms with van der Waals surface area (Å²) < 4.78 is 0. The third kappa shape index (κ3) is 0. The molecule has 0 saturated heterocycles. The van der Waals surface area contributed by atoms with Crippen molar-refractivity contribution in [1.29, 1.82) is 0 Å². The van der Waals surface area contributed by atoms with Gasteiger partial charge >= 0.3 is 6.16 Å². The number of halogens is 1. The second-order valence-corrected chi connectivity index (χ2v) is 0.283. The molecular formula is C3H9IO3. The Bertz CT molecular complexity index is 33.2. The predicted octanol–water partition coefficient (Wildman–Crippen LogP) is 1.87. The van der Waals surface area contributed by atoms with Gasteiger partial charge in [-0.15, -0.1) is 24.0 Å². The minimum Gasteiger partial charge on any atom is -0.450 e. The normalized spacial score (nSPS) is 4.29. The third-order valence-electron chi connectivity index (χ3n) is 0. The molecule has 0 aromatic heterocycles. The van der Waals surface area contributed by atoms with Crippen molar-refractivity contribution in [2.45, 2.75) is 13.8 Å². The molecule has 0 aliphatic carbocycles. The highest BCUT2D eigenvalue weighted by molar-refractivity contribution is 14.0. The topological polar surface area (TPSA) is 57.5 Å². The summed E-state index contributed by atoms with van der Waals surface area (Å²) in [5.41, 5.74) is 0. The van der Waals surface area contributed by atoms with E-state index in [1.165, 1.54) is 0 Å². The number of carbonyl (C=O) groups is 1. The molecule has 0 rings (SSSR count). The van der Waals surface area contributed by atoms with Gasteiger partial charge in [-0.3, -0.25) is 0 Å². The number of rotatable bonds is 0. The van der Waals surface area contributed by atoms with Crippen LogP contribution >= 0.6 is 24.0 Å². The predicted molar refractivity (Wildman–Crippen MR) is 37.4 cm³/mol. The summed E-state index contributed by atoms with van der Waals surface area (Å²) in [6.45, 7) is 4.00. The molecule has 0 fully saturated rings. The maximum absolute atomic E-state index is 8.56. The first-order valence-corrected chi connectivity index (χ1v) is 1.65. The van der Waals surface area contributed by atoms with Crippen LogP contribution in [-0.4, -0.2) is 16.4 Å². The summed E-state index contributed by atoms with van der Waals surface area (Å²) in [4.78, 5) is 8.56. The van der Waals surface area contributed by atoms with Gasteiger partial charge in [0.25, 0.3) is 0 Å². The maximum atomic E-state index is 8.56. The van der Waals surface area contributed by atoms with Crippen molar-refractivity contribution >= 4 is 30.1 Å². The van der Waals surface area contributed by atoms with Crippen LogP contribution in [-0.2, 0) is 0 Å². The average Bonchev–Trinajstić information content (AvgIpc) is 1.41. The van der Waals surface area contributed by atoms with Crippen LogP contribution in [0.3, 0.4) is 0 Å². The lowest BCUT2D eigenvalue weighted by molar-refractivity contribution is 0.137. The fraction of sp³-hybridized carbons (Fsp3) is 0.667. The summed E-state index contributed by atoms with van der Waals surface area (Å²) >= 11 is 0. The van der Waals surface area contributed by atoms with Crippen molar-refractivity contribution in [3.63, 3.8) is 0 Å². The first-order valence-electron chi connectivity index (χ1n) is 1.65. The largest absolute Gasteiger partial charge is 0.503 e. The molecule has 0 unspecified atom stereocenters. The fourth-order valence-corrected chi connectivity index (χ4v) is 0. The Morgan fingerprint density at radius 1 is 1.29 bits per heavy atom. The van der Waals surface area contributed by atoms with Crippen molar-refractivity contribution in [3.05, 3.63) is 0 Å². The zero-order valence-electron chi connectivity index (χ0n) is 4.21. The minimum atomic E-state index is -1.83. The summed E-state index contributed by atoms with van der Waals surface area (Å²) in [5, 5.41) is 13.9. The molecule has 0 aliphatic rings. The van der Waals surface area contributed by atoms with E-state index in [1.54, 1.807) is 0 Å². The van der Waals surface area contributed by atoms with Gasteiger partial charge in [0.05, 0.1) is 0 Å². The van der Waals surface area contributed by atoms with E-state index in [4.69, 9.17) is 15.0 Å². The molecule has 7 heavy (non-hydrogen) atoms. The van der Waals surface area contributed by atoms with Crippen molar-refractivity contribution < 1.29 is 15.0 Å². The zero-order chi connectivity index (χ0) is 5.58. The van der Waals surface area contributed by atoms with Gasteiger partial charge in [-0.1, -0.05) is 13.8 Å². The second kappa shape index (κ2) is 16.7. The van der Waals surface area contributed by atoms with Crippen molar-refractivity contribution in [2.24, 2.45) is 0 Å². The zero-order valence-corrected chi connectivity index (χ0v) is 6.54. The summed E-state index contributed by atoms with van der Waals surface area (Å²) in [5.74, 6) is 0. The van der Waals surface area contributed by atoms with E-state index in [9.17, 15) is 0 Å². The van der Waals surface area contributed by atoms with Crippen molar-refractivity contribution in [2.75, 3.05) is 0 Å². The Hall–Kier alpha value is 0. The monoisotopic (exact) mass is 220 g/mol. The molecule has 2 N–H and O–H groups in total. The second-order valence-electron chi connectivity index (χ2n) is 0.283. The van der Waals surface area contributed by atoms with Gasteiger partial charge in [-0.2, -0.15) is 0 Å². The fourth-order valence-electron chi connectivity index (χ4n) is 0. The molecule has 46 valence electrons. The van der Waals surface area contributed by atoms with E-state index in [-0.39, 0.29) is 24.0 Å². The average molecular weight is 220 g/mol. The highest BCUT2D eigenvalue weighted by Gasteiger charge is 1.70. The summed E-state index contributed by atoms with van der Waals surface area (Å²) in [6.07, 6.45) is -1.83. The smallest absolute Gasteiger partial charge is 0.450 e. The van der Waals surface area contributed by atoms with Gasteiger partial charge in [-0.25, -0.2) is 4.79 Å². The molecule has 0 aromatic carbocycles. The van der Waals surface area contributed by atoms with Gasteiger partial charge in [0.1, 0.15) is 0 Å². The van der Waals surface area contributed by atoms with Crippen LogP contribution in [0.1, 0.15) is 13.8 Å². The Balaban J connectivity index is -0.0000000480. The highest BCUT2D eigenvalue weighted by atomic mass is 127. The Morgan fingerprint density at radius 3 is 1.29 bits per heavy atom. The maximum Gasteiger partial charge on any atom is 0.503 e. The van der Waals surface area contributed by atoms with Gasteiger partial charge in [0, 0.05) is 0 Å². The molecule has 0 saturated carbocycles. The first-order chi connectivity index (χ1) is 2.73. The summed E-state index contributed by atoms with van der Waals surface area (Å²) in [6, 6.07) is 0. The molecule has 0 radical (unpaired) electrons. The number of carboxylic acid groups (broad SMARTS) is 2. The molecule has 0 heterocycles. The van der Waals surface area contributed by atoms with Crippen LogP contribution in [0.5, 0.6) is 0 Å². The molecule has 4 heteroatoms. The quantitative estimate of drug-likeness (QED) is 0.612. The van der Waals surface area contributed by atoms with Crippen LogP contribution < -0.4 is 0 Å². The van der Waals surface area contributed by atoms with E-state index in [0.717, 1.165) is 0 Å². The molecule has 0 aromatic rings. The van der Waals surface area contributed by atoms with Crippen LogP contribution in [0.2, 0.25) is 0 Å². The lowest BCUT2D eigenvalue weighted by atomic mass is 11.0. The molecule has 0 spiro atoms. The molecule has 0 atom stereocenters. The molecule has 0 bridgehead atoms. The van der Waals surface area contributed by atoms with Crippen LogP contribution in [0.4, 0.5) is 4.79 Å².